The molecule has 1 atom stereocenters. The van der Waals surface area contributed by atoms with Gasteiger partial charge in [-0.05, 0) is 44.9 Å². The Morgan fingerprint density at radius 1 is 1.37 bits per heavy atom. The molecular formula is C15H22N2O2. The number of aryl methyl sites for hydroxylation is 1. The third kappa shape index (κ3) is 3.07. The number of carbonyl (C=O) groups is 1. The minimum atomic E-state index is -0.0690. The first-order valence-corrected chi connectivity index (χ1v) is 6.82. The van der Waals surface area contributed by atoms with Gasteiger partial charge in [0.15, 0.2) is 0 Å². The Balaban J connectivity index is 2.12. The topological polar surface area (TPSA) is 50.4 Å². The molecule has 1 fully saturated rings. The van der Waals surface area contributed by atoms with Crippen molar-refractivity contribution in [2.24, 2.45) is 0 Å². The molecule has 0 aliphatic carbocycles. The van der Waals surface area contributed by atoms with Crippen molar-refractivity contribution in [2.45, 2.75) is 39.2 Å². The van der Waals surface area contributed by atoms with Crippen LogP contribution in [0.15, 0.2) is 12.1 Å². The molecule has 4 heteroatoms. The lowest BCUT2D eigenvalue weighted by molar-refractivity contribution is -0.118. The Bertz CT molecular complexity index is 465. The standard InChI is InChI=1S/C15H22N2O2/c1-10-7-8-12(11(2)14(10)19-3)17-15(18)13-6-4-5-9-16-13/h7-8,13,16H,4-6,9H2,1-3H3,(H,17,18). The van der Waals surface area contributed by atoms with Crippen LogP contribution in [0.25, 0.3) is 0 Å². The number of piperidine rings is 1. The molecule has 0 aromatic heterocycles. The number of hydrogen-bond acceptors (Lipinski definition) is 3. The van der Waals surface area contributed by atoms with Crippen LogP contribution in [0, 0.1) is 13.8 Å². The van der Waals surface area contributed by atoms with E-state index in [1.807, 2.05) is 26.0 Å². The number of ether oxygens (including phenoxy) is 1. The average Bonchev–Trinajstić information content (AvgIpc) is 2.43. The molecule has 2 N–H and O–H groups in total. The van der Waals surface area contributed by atoms with Gasteiger partial charge in [-0.1, -0.05) is 12.5 Å². The Labute approximate surface area is 114 Å². The third-order valence-electron chi connectivity index (χ3n) is 3.69. The molecule has 1 heterocycles. The maximum Gasteiger partial charge on any atom is 0.241 e. The second-order valence-electron chi connectivity index (χ2n) is 5.08. The van der Waals surface area contributed by atoms with Crippen molar-refractivity contribution in [3.05, 3.63) is 23.3 Å². The van der Waals surface area contributed by atoms with Gasteiger partial charge in [-0.3, -0.25) is 4.79 Å². The monoisotopic (exact) mass is 262 g/mol. The molecule has 0 spiro atoms. The number of nitrogens with one attached hydrogen (secondary N) is 2. The Morgan fingerprint density at radius 3 is 2.79 bits per heavy atom. The quantitative estimate of drug-likeness (QED) is 0.879. The maximum absolute atomic E-state index is 12.2. The van der Waals surface area contributed by atoms with Crippen LogP contribution in [0.5, 0.6) is 5.75 Å². The second-order valence-corrected chi connectivity index (χ2v) is 5.08. The second kappa shape index (κ2) is 6.06. The highest BCUT2D eigenvalue weighted by atomic mass is 16.5. The Kier molecular flexibility index (Phi) is 4.43. The normalized spacial score (nSPS) is 19.0. The summed E-state index contributed by atoms with van der Waals surface area (Å²) < 4.78 is 5.38. The minimum Gasteiger partial charge on any atom is -0.496 e. The van der Waals surface area contributed by atoms with Gasteiger partial charge >= 0.3 is 0 Å². The minimum absolute atomic E-state index is 0.0497. The van der Waals surface area contributed by atoms with E-state index >= 15 is 0 Å². The van der Waals surface area contributed by atoms with Crippen LogP contribution in [-0.2, 0) is 4.79 Å². The molecule has 0 radical (unpaired) electrons. The average molecular weight is 262 g/mol. The summed E-state index contributed by atoms with van der Waals surface area (Å²) in [5.41, 5.74) is 2.89. The van der Waals surface area contributed by atoms with E-state index in [9.17, 15) is 4.79 Å². The van der Waals surface area contributed by atoms with Crippen LogP contribution < -0.4 is 15.4 Å². The molecular weight excluding hydrogens is 240 g/mol. The molecule has 4 nitrogen and oxygen atoms in total. The summed E-state index contributed by atoms with van der Waals surface area (Å²) in [6.45, 7) is 4.89. The lowest BCUT2D eigenvalue weighted by atomic mass is 10.0. The first kappa shape index (κ1) is 13.9. The number of methoxy groups -OCH3 is 1. The largest absolute Gasteiger partial charge is 0.496 e. The predicted molar refractivity (Wildman–Crippen MR) is 76.7 cm³/mol. The summed E-state index contributed by atoms with van der Waals surface area (Å²) in [6.07, 6.45) is 3.18. The highest BCUT2D eigenvalue weighted by Crippen LogP contribution is 2.29. The summed E-state index contributed by atoms with van der Waals surface area (Å²) in [7, 11) is 1.66. The van der Waals surface area contributed by atoms with Gasteiger partial charge in [0, 0.05) is 11.3 Å². The highest BCUT2D eigenvalue weighted by molar-refractivity contribution is 5.95. The molecule has 1 unspecified atom stereocenters. The van der Waals surface area contributed by atoms with Crippen molar-refractivity contribution in [3.8, 4) is 5.75 Å². The summed E-state index contributed by atoms with van der Waals surface area (Å²) in [5, 5.41) is 6.26. The zero-order valence-electron chi connectivity index (χ0n) is 11.9. The number of amides is 1. The van der Waals surface area contributed by atoms with E-state index in [0.29, 0.717) is 0 Å². The molecule has 1 aromatic rings. The molecule has 1 aliphatic heterocycles. The van der Waals surface area contributed by atoms with Crippen LogP contribution >= 0.6 is 0 Å². The summed E-state index contributed by atoms with van der Waals surface area (Å²) in [4.78, 5) is 12.2. The molecule has 1 aromatic carbocycles. The Morgan fingerprint density at radius 2 is 2.16 bits per heavy atom. The number of benzene rings is 1. The number of rotatable bonds is 3. The van der Waals surface area contributed by atoms with Crippen molar-refractivity contribution in [2.75, 3.05) is 19.0 Å². The van der Waals surface area contributed by atoms with Gasteiger partial charge in [-0.25, -0.2) is 0 Å². The van der Waals surface area contributed by atoms with Gasteiger partial charge in [0.2, 0.25) is 5.91 Å². The van der Waals surface area contributed by atoms with E-state index in [-0.39, 0.29) is 11.9 Å². The number of carbonyl (C=O) groups excluding carboxylic acids is 1. The van der Waals surface area contributed by atoms with Crippen LogP contribution in [-0.4, -0.2) is 25.6 Å². The van der Waals surface area contributed by atoms with Crippen LogP contribution in [0.4, 0.5) is 5.69 Å². The number of hydrogen-bond donors (Lipinski definition) is 2. The number of anilines is 1. The molecule has 0 saturated carbocycles. The molecule has 19 heavy (non-hydrogen) atoms. The maximum atomic E-state index is 12.2. The van der Waals surface area contributed by atoms with Gasteiger partial charge in [0.1, 0.15) is 5.75 Å². The summed E-state index contributed by atoms with van der Waals surface area (Å²) >= 11 is 0. The van der Waals surface area contributed by atoms with Crippen molar-refractivity contribution in [1.29, 1.82) is 0 Å². The van der Waals surface area contributed by atoms with Gasteiger partial charge in [0.05, 0.1) is 13.2 Å². The fourth-order valence-electron chi connectivity index (χ4n) is 2.57. The fourth-order valence-corrected chi connectivity index (χ4v) is 2.57. The van der Waals surface area contributed by atoms with E-state index in [2.05, 4.69) is 10.6 Å². The van der Waals surface area contributed by atoms with E-state index in [1.54, 1.807) is 7.11 Å². The van der Waals surface area contributed by atoms with Crippen molar-refractivity contribution >= 4 is 11.6 Å². The van der Waals surface area contributed by atoms with Crippen molar-refractivity contribution in [3.63, 3.8) is 0 Å². The first-order valence-electron chi connectivity index (χ1n) is 6.82. The zero-order chi connectivity index (χ0) is 13.8. The van der Waals surface area contributed by atoms with Crippen molar-refractivity contribution < 1.29 is 9.53 Å². The molecule has 104 valence electrons. The molecule has 2 rings (SSSR count). The lowest BCUT2D eigenvalue weighted by Gasteiger charge is -2.23. The lowest BCUT2D eigenvalue weighted by Crippen LogP contribution is -2.43. The van der Waals surface area contributed by atoms with E-state index in [4.69, 9.17) is 4.74 Å². The van der Waals surface area contributed by atoms with Gasteiger partial charge in [0.25, 0.3) is 0 Å². The van der Waals surface area contributed by atoms with Gasteiger partial charge in [-0.2, -0.15) is 0 Å². The first-order chi connectivity index (χ1) is 9.13. The van der Waals surface area contributed by atoms with Crippen LogP contribution in [0.3, 0.4) is 0 Å². The van der Waals surface area contributed by atoms with Gasteiger partial charge in [-0.15, -0.1) is 0 Å². The SMILES string of the molecule is COc1c(C)ccc(NC(=O)C2CCCCN2)c1C. The van der Waals surface area contributed by atoms with Crippen molar-refractivity contribution in [1.82, 2.24) is 5.32 Å². The predicted octanol–water partition coefficient (Wildman–Crippen LogP) is 2.39. The molecule has 1 aliphatic rings. The zero-order valence-corrected chi connectivity index (χ0v) is 11.9. The fraction of sp³-hybridized carbons (Fsp3) is 0.533. The van der Waals surface area contributed by atoms with Crippen LogP contribution in [0.2, 0.25) is 0 Å². The molecule has 1 amide bonds. The van der Waals surface area contributed by atoms with E-state index in [1.165, 1.54) is 0 Å². The smallest absolute Gasteiger partial charge is 0.241 e. The molecule has 0 bridgehead atoms. The molecule has 1 saturated heterocycles. The highest BCUT2D eigenvalue weighted by Gasteiger charge is 2.21. The van der Waals surface area contributed by atoms with Crippen LogP contribution in [0.1, 0.15) is 30.4 Å². The van der Waals surface area contributed by atoms with E-state index < -0.39 is 0 Å². The third-order valence-corrected chi connectivity index (χ3v) is 3.69. The Hall–Kier alpha value is -1.55. The van der Waals surface area contributed by atoms with Gasteiger partial charge < -0.3 is 15.4 Å². The summed E-state index contributed by atoms with van der Waals surface area (Å²) in [6, 6.07) is 3.84. The summed E-state index contributed by atoms with van der Waals surface area (Å²) in [5.74, 6) is 0.892. The van der Waals surface area contributed by atoms with E-state index in [0.717, 1.165) is 48.4 Å².